The van der Waals surface area contributed by atoms with E-state index in [0.717, 1.165) is 38.0 Å². The Balaban J connectivity index is 0.00000924. The molecule has 0 bridgehead atoms. The Morgan fingerprint density at radius 2 is 0.795 bits per heavy atom. The predicted octanol–water partition coefficient (Wildman–Crippen LogP) is 4.13. The summed E-state index contributed by atoms with van der Waals surface area (Å²) in [7, 11) is 0. The highest BCUT2D eigenvalue weighted by molar-refractivity contribution is 5.40. The zero-order valence-corrected chi connectivity index (χ0v) is 32.2. The lowest BCUT2D eigenvalue weighted by atomic mass is 9.99. The van der Waals surface area contributed by atoms with Gasteiger partial charge in [-0.3, -0.25) is 0 Å². The van der Waals surface area contributed by atoms with E-state index in [0.29, 0.717) is 0 Å². The maximum Gasteiger partial charge on any atom is 0.170 e. The van der Waals surface area contributed by atoms with Crippen molar-refractivity contribution in [2.45, 2.75) is 156 Å². The average molecular weight is 741 g/mol. The number of pyridine rings is 2. The first-order valence-corrected chi connectivity index (χ1v) is 18.1. The molecule has 2 rings (SSSR count). The molecule has 2 aromatic rings. The van der Waals surface area contributed by atoms with Crippen LogP contribution in [0.3, 0.4) is 0 Å². The fourth-order valence-corrected chi connectivity index (χ4v) is 5.86. The van der Waals surface area contributed by atoms with Gasteiger partial charge in [-0.1, -0.05) is 105 Å². The Morgan fingerprint density at radius 3 is 1.09 bits per heavy atom. The Bertz CT molecular complexity index is 802. The minimum atomic E-state index is 0. The Kier molecular flexibility index (Phi) is 28.5. The summed E-state index contributed by atoms with van der Waals surface area (Å²) in [6, 6.07) is 8.99. The topological polar surface area (TPSA) is 31.8 Å². The molecule has 0 radical (unpaired) electrons. The van der Waals surface area contributed by atoms with Gasteiger partial charge in [0.1, 0.15) is 13.1 Å². The molecule has 0 aromatic carbocycles. The number of unbranched alkanes of at least 4 members (excludes halogenated alkanes) is 11. The monoisotopic (exact) mass is 738 g/mol. The molecule has 2 atom stereocenters. The second kappa shape index (κ2) is 29.3. The molecular weight excluding hydrogens is 672 g/mol. The second-order valence-electron chi connectivity index (χ2n) is 12.8. The van der Waals surface area contributed by atoms with Crippen molar-refractivity contribution in [1.82, 2.24) is 0 Å². The van der Waals surface area contributed by atoms with Crippen molar-refractivity contribution in [1.29, 1.82) is 0 Å². The first kappa shape index (κ1) is 42.9. The molecule has 0 aliphatic heterocycles. The van der Waals surface area contributed by atoms with Crippen LogP contribution in [0, 0.1) is 11.8 Å². The van der Waals surface area contributed by atoms with Gasteiger partial charge in [0.15, 0.2) is 24.8 Å². The standard InChI is InChI=1S/C38H66N4.2BrH/c1-5-9-21-35(7-3)33-39-37-23-29-41(30-24-37)27-19-17-15-13-11-12-14-16-18-20-28-42-31-25-38(26-32-42)40-34-36(8-4)22-10-6-2;;/h23-26,29-32,35-36H,5-22,27-28,33-34H2,1-4H3;2*1H. The number of halogens is 2. The SMILES string of the molecule is CCCCC(CC)CNc1cc[n+](CCCCCCCCCCCC[n+]2ccc(NCC(CC)CCCC)cc2)cc1.[Br-].[Br-]. The van der Waals surface area contributed by atoms with Gasteiger partial charge in [0.2, 0.25) is 0 Å². The third-order valence-corrected chi connectivity index (χ3v) is 9.14. The van der Waals surface area contributed by atoms with Crippen LogP contribution >= 0.6 is 0 Å². The lowest BCUT2D eigenvalue weighted by Gasteiger charge is -2.15. The van der Waals surface area contributed by atoms with Gasteiger partial charge in [-0.2, -0.15) is 0 Å². The van der Waals surface area contributed by atoms with Crippen LogP contribution in [0.15, 0.2) is 49.1 Å². The van der Waals surface area contributed by atoms with E-state index in [9.17, 15) is 0 Å². The van der Waals surface area contributed by atoms with Gasteiger partial charge in [-0.15, -0.1) is 0 Å². The molecule has 2 N–H and O–H groups in total. The number of nitrogens with zero attached hydrogens (tertiary/aromatic N) is 2. The minimum Gasteiger partial charge on any atom is -1.00 e. The van der Waals surface area contributed by atoms with E-state index >= 15 is 0 Å². The van der Waals surface area contributed by atoms with Crippen molar-refractivity contribution in [3.8, 4) is 0 Å². The molecule has 0 amide bonds. The summed E-state index contributed by atoms with van der Waals surface area (Å²) < 4.78 is 4.69. The third-order valence-electron chi connectivity index (χ3n) is 9.14. The molecule has 0 fully saturated rings. The van der Waals surface area contributed by atoms with E-state index in [2.05, 4.69) is 96.5 Å². The molecule has 254 valence electrons. The first-order chi connectivity index (χ1) is 20.7. The molecule has 2 heterocycles. The van der Waals surface area contributed by atoms with E-state index in [1.807, 2.05) is 0 Å². The fraction of sp³-hybridized carbons (Fsp3) is 0.737. The highest BCUT2D eigenvalue weighted by Gasteiger charge is 2.08. The van der Waals surface area contributed by atoms with Crippen LogP contribution in [0.4, 0.5) is 11.4 Å². The summed E-state index contributed by atoms with van der Waals surface area (Å²) in [6.07, 6.45) is 33.2. The zero-order chi connectivity index (χ0) is 30.1. The number of hydrogen-bond donors (Lipinski definition) is 2. The molecule has 0 saturated heterocycles. The van der Waals surface area contributed by atoms with Crippen LogP contribution in [0.5, 0.6) is 0 Å². The van der Waals surface area contributed by atoms with E-state index in [1.54, 1.807) is 0 Å². The summed E-state index contributed by atoms with van der Waals surface area (Å²) in [5, 5.41) is 7.30. The molecule has 0 aliphatic rings. The number of aromatic nitrogens is 2. The van der Waals surface area contributed by atoms with Crippen molar-refractivity contribution in [3.63, 3.8) is 0 Å². The number of nitrogens with one attached hydrogen (secondary N) is 2. The molecule has 44 heavy (non-hydrogen) atoms. The Labute approximate surface area is 294 Å². The normalized spacial score (nSPS) is 12.2. The highest BCUT2D eigenvalue weighted by atomic mass is 79.9. The van der Waals surface area contributed by atoms with Gasteiger partial charge in [0.25, 0.3) is 0 Å². The predicted molar refractivity (Wildman–Crippen MR) is 183 cm³/mol. The lowest BCUT2D eigenvalue weighted by Crippen LogP contribution is -3.00. The summed E-state index contributed by atoms with van der Waals surface area (Å²) in [6.45, 7) is 13.7. The largest absolute Gasteiger partial charge is 1.00 e. The number of hydrogen-bond acceptors (Lipinski definition) is 2. The summed E-state index contributed by atoms with van der Waals surface area (Å²) in [5.41, 5.74) is 2.53. The molecule has 4 nitrogen and oxygen atoms in total. The van der Waals surface area contributed by atoms with Gasteiger partial charge in [-0.25, -0.2) is 9.13 Å². The molecule has 2 unspecified atom stereocenters. The van der Waals surface area contributed by atoms with E-state index in [-0.39, 0.29) is 34.0 Å². The van der Waals surface area contributed by atoms with E-state index in [4.69, 9.17) is 0 Å². The maximum absolute atomic E-state index is 3.65. The van der Waals surface area contributed by atoms with Crippen molar-refractivity contribution in [3.05, 3.63) is 49.1 Å². The van der Waals surface area contributed by atoms with Crippen LogP contribution in [-0.2, 0) is 13.1 Å². The summed E-state index contributed by atoms with van der Waals surface area (Å²) in [5.74, 6) is 1.60. The number of rotatable bonds is 27. The van der Waals surface area contributed by atoms with Crippen LogP contribution in [0.2, 0.25) is 0 Å². The quantitative estimate of drug-likeness (QED) is 0.107. The van der Waals surface area contributed by atoms with Crippen LogP contribution in [-0.4, -0.2) is 13.1 Å². The molecule has 0 spiro atoms. The van der Waals surface area contributed by atoms with Gasteiger partial charge in [-0.05, 0) is 37.5 Å². The average Bonchev–Trinajstić information content (AvgIpc) is 3.03. The van der Waals surface area contributed by atoms with Crippen molar-refractivity contribution < 1.29 is 43.1 Å². The smallest absolute Gasteiger partial charge is 0.170 e. The maximum atomic E-state index is 3.65. The van der Waals surface area contributed by atoms with Gasteiger partial charge in [0, 0.05) is 61.6 Å². The first-order valence-electron chi connectivity index (χ1n) is 18.1. The van der Waals surface area contributed by atoms with Crippen LogP contribution < -0.4 is 53.7 Å². The Morgan fingerprint density at radius 1 is 0.477 bits per heavy atom. The van der Waals surface area contributed by atoms with E-state index < -0.39 is 0 Å². The second-order valence-corrected chi connectivity index (χ2v) is 12.8. The van der Waals surface area contributed by atoms with E-state index in [1.165, 1.54) is 127 Å². The lowest BCUT2D eigenvalue weighted by molar-refractivity contribution is -0.697. The molecule has 0 aliphatic carbocycles. The fourth-order valence-electron chi connectivity index (χ4n) is 5.86. The molecular formula is C38H68Br2N4. The molecule has 6 heteroatoms. The van der Waals surface area contributed by atoms with Crippen molar-refractivity contribution in [2.24, 2.45) is 11.8 Å². The van der Waals surface area contributed by atoms with Gasteiger partial charge >= 0.3 is 0 Å². The zero-order valence-electron chi connectivity index (χ0n) is 29.0. The number of aryl methyl sites for hydroxylation is 2. The van der Waals surface area contributed by atoms with Crippen molar-refractivity contribution in [2.75, 3.05) is 23.7 Å². The van der Waals surface area contributed by atoms with Crippen LogP contribution in [0.1, 0.15) is 143 Å². The number of anilines is 2. The molecule has 2 aromatic heterocycles. The third kappa shape index (κ3) is 20.8. The van der Waals surface area contributed by atoms with Gasteiger partial charge < -0.3 is 44.6 Å². The van der Waals surface area contributed by atoms with Crippen molar-refractivity contribution >= 4 is 11.4 Å². The molecule has 0 saturated carbocycles. The highest BCUT2D eigenvalue weighted by Crippen LogP contribution is 2.16. The Hall–Kier alpha value is -1.14. The minimum absolute atomic E-state index is 0. The van der Waals surface area contributed by atoms with Gasteiger partial charge in [0.05, 0.1) is 0 Å². The van der Waals surface area contributed by atoms with Crippen LogP contribution in [0.25, 0.3) is 0 Å². The summed E-state index contributed by atoms with van der Waals surface area (Å²) in [4.78, 5) is 0. The summed E-state index contributed by atoms with van der Waals surface area (Å²) >= 11 is 0.